The topological polar surface area (TPSA) is 32.5 Å². The van der Waals surface area contributed by atoms with Crippen LogP contribution in [0, 0.1) is 5.41 Å². The zero-order valence-corrected chi connectivity index (χ0v) is 13.1. The van der Waals surface area contributed by atoms with Crippen LogP contribution in [0.3, 0.4) is 0 Å². The van der Waals surface area contributed by atoms with Crippen LogP contribution in [0.25, 0.3) is 0 Å². The lowest BCUT2D eigenvalue weighted by Gasteiger charge is -2.45. The smallest absolute Gasteiger partial charge is 0.0277 e. The molecule has 1 saturated heterocycles. The van der Waals surface area contributed by atoms with Gasteiger partial charge in [-0.05, 0) is 58.7 Å². The highest BCUT2D eigenvalue weighted by Crippen LogP contribution is 2.26. The predicted octanol–water partition coefficient (Wildman–Crippen LogP) is 2.17. The molecule has 0 aromatic heterocycles. The van der Waals surface area contributed by atoms with Crippen LogP contribution in [-0.2, 0) is 0 Å². The molecule has 3 nitrogen and oxygen atoms in total. The quantitative estimate of drug-likeness (QED) is 0.789. The Hall–Kier alpha value is -0.120. The number of nitrogens with zero attached hydrogens (tertiary/aromatic N) is 2. The third-order valence-electron chi connectivity index (χ3n) is 4.54. The van der Waals surface area contributed by atoms with E-state index in [1.807, 2.05) is 0 Å². The highest BCUT2D eigenvalue weighted by molar-refractivity contribution is 4.88. The second-order valence-corrected chi connectivity index (χ2v) is 7.32. The average molecular weight is 255 g/mol. The van der Waals surface area contributed by atoms with Crippen molar-refractivity contribution in [2.24, 2.45) is 11.1 Å². The largest absolute Gasteiger partial charge is 0.330 e. The number of hydrogen-bond donors (Lipinski definition) is 1. The second kappa shape index (κ2) is 6.36. The van der Waals surface area contributed by atoms with Crippen molar-refractivity contribution in [1.29, 1.82) is 0 Å². The second-order valence-electron chi connectivity index (χ2n) is 7.32. The number of hydrogen-bond acceptors (Lipinski definition) is 3. The van der Waals surface area contributed by atoms with Gasteiger partial charge in [0.1, 0.15) is 0 Å². The monoisotopic (exact) mass is 255 g/mol. The zero-order valence-electron chi connectivity index (χ0n) is 13.1. The summed E-state index contributed by atoms with van der Waals surface area (Å²) in [6, 6.07) is 0. The molecule has 1 aliphatic heterocycles. The Morgan fingerprint density at radius 2 is 1.83 bits per heavy atom. The highest BCUT2D eigenvalue weighted by Gasteiger charge is 2.30. The molecule has 0 aromatic rings. The molecule has 0 bridgehead atoms. The number of piperazine rings is 1. The Balaban J connectivity index is 2.28. The van der Waals surface area contributed by atoms with Crippen LogP contribution < -0.4 is 5.73 Å². The number of likely N-dealkylation sites (N-methyl/N-ethyl adjacent to an activating group) is 1. The summed E-state index contributed by atoms with van der Waals surface area (Å²) in [6.07, 6.45) is 3.73. The van der Waals surface area contributed by atoms with Crippen LogP contribution in [0.15, 0.2) is 0 Å². The molecule has 0 atom stereocenters. The Kier molecular flexibility index (Phi) is 5.63. The molecule has 2 N–H and O–H groups in total. The fourth-order valence-electron chi connectivity index (χ4n) is 2.83. The van der Waals surface area contributed by atoms with Crippen molar-refractivity contribution in [2.45, 2.75) is 52.5 Å². The normalized spacial score (nSPS) is 22.3. The predicted molar refractivity (Wildman–Crippen MR) is 79.8 cm³/mol. The lowest BCUT2D eigenvalue weighted by Crippen LogP contribution is -2.57. The molecule has 0 saturated carbocycles. The first-order valence-electron chi connectivity index (χ1n) is 7.40. The van der Waals surface area contributed by atoms with Crippen LogP contribution >= 0.6 is 0 Å². The Morgan fingerprint density at radius 1 is 1.17 bits per heavy atom. The molecule has 0 radical (unpaired) electrons. The van der Waals surface area contributed by atoms with Crippen molar-refractivity contribution < 1.29 is 0 Å². The van der Waals surface area contributed by atoms with Gasteiger partial charge in [0, 0.05) is 25.2 Å². The summed E-state index contributed by atoms with van der Waals surface area (Å²) < 4.78 is 0. The maximum Gasteiger partial charge on any atom is 0.0277 e. The third-order valence-corrected chi connectivity index (χ3v) is 4.54. The van der Waals surface area contributed by atoms with Crippen molar-refractivity contribution in [3.8, 4) is 0 Å². The minimum absolute atomic E-state index is 0.324. The van der Waals surface area contributed by atoms with E-state index < -0.39 is 0 Å². The summed E-state index contributed by atoms with van der Waals surface area (Å²) in [4.78, 5) is 5.10. The van der Waals surface area contributed by atoms with E-state index in [0.717, 1.165) is 13.0 Å². The van der Waals surface area contributed by atoms with E-state index in [1.54, 1.807) is 0 Å². The van der Waals surface area contributed by atoms with Crippen LogP contribution in [0.1, 0.15) is 47.0 Å². The van der Waals surface area contributed by atoms with Gasteiger partial charge in [-0.15, -0.1) is 0 Å². The Bertz CT molecular complexity index is 248. The molecule has 0 unspecified atom stereocenters. The molecule has 108 valence electrons. The fraction of sp³-hybridized carbons (Fsp3) is 1.00. The first-order chi connectivity index (χ1) is 8.27. The first kappa shape index (κ1) is 15.9. The molecule has 0 aromatic carbocycles. The summed E-state index contributed by atoms with van der Waals surface area (Å²) in [5.74, 6) is 0. The SMILES string of the molecule is CN1CCN(CCCC(C)(C)CCN)CC1(C)C. The molecule has 18 heavy (non-hydrogen) atoms. The average Bonchev–Trinajstić information content (AvgIpc) is 2.22. The highest BCUT2D eigenvalue weighted by atomic mass is 15.3. The Morgan fingerprint density at radius 3 is 2.39 bits per heavy atom. The molecule has 1 heterocycles. The van der Waals surface area contributed by atoms with Crippen molar-refractivity contribution in [1.82, 2.24) is 9.80 Å². The van der Waals surface area contributed by atoms with Crippen LogP contribution in [0.5, 0.6) is 0 Å². The summed E-state index contributed by atoms with van der Waals surface area (Å²) in [7, 11) is 2.24. The van der Waals surface area contributed by atoms with Crippen LogP contribution in [-0.4, -0.2) is 55.1 Å². The van der Waals surface area contributed by atoms with E-state index in [2.05, 4.69) is 44.5 Å². The van der Waals surface area contributed by atoms with Gasteiger partial charge in [0.05, 0.1) is 0 Å². The van der Waals surface area contributed by atoms with Gasteiger partial charge in [-0.1, -0.05) is 13.8 Å². The number of rotatable bonds is 6. The minimum atomic E-state index is 0.324. The van der Waals surface area contributed by atoms with E-state index in [4.69, 9.17) is 5.73 Å². The summed E-state index contributed by atoms with van der Waals surface area (Å²) in [5, 5.41) is 0. The Labute approximate surface area is 114 Å². The van der Waals surface area contributed by atoms with Crippen LogP contribution in [0.4, 0.5) is 0 Å². The molecule has 1 aliphatic rings. The molecular formula is C15H33N3. The third kappa shape index (κ3) is 4.87. The molecule has 1 fully saturated rings. The molecule has 0 spiro atoms. The van der Waals surface area contributed by atoms with Gasteiger partial charge >= 0.3 is 0 Å². The molecular weight excluding hydrogens is 222 g/mol. The molecule has 1 rings (SSSR count). The van der Waals surface area contributed by atoms with E-state index in [9.17, 15) is 0 Å². The van der Waals surface area contributed by atoms with Gasteiger partial charge in [0.2, 0.25) is 0 Å². The zero-order chi connectivity index (χ0) is 13.8. The van der Waals surface area contributed by atoms with Gasteiger partial charge in [-0.3, -0.25) is 4.90 Å². The fourth-order valence-corrected chi connectivity index (χ4v) is 2.83. The maximum absolute atomic E-state index is 5.66. The summed E-state index contributed by atoms with van der Waals surface area (Å²) >= 11 is 0. The minimum Gasteiger partial charge on any atom is -0.330 e. The van der Waals surface area contributed by atoms with E-state index in [-0.39, 0.29) is 0 Å². The molecule has 3 heteroatoms. The van der Waals surface area contributed by atoms with Crippen molar-refractivity contribution in [3.05, 3.63) is 0 Å². The van der Waals surface area contributed by atoms with Gasteiger partial charge < -0.3 is 10.6 Å². The van der Waals surface area contributed by atoms with Crippen molar-refractivity contribution in [3.63, 3.8) is 0 Å². The van der Waals surface area contributed by atoms with Crippen molar-refractivity contribution >= 4 is 0 Å². The summed E-state index contributed by atoms with van der Waals surface area (Å²) in [5.41, 5.74) is 6.40. The van der Waals surface area contributed by atoms with E-state index in [0.29, 0.717) is 11.0 Å². The maximum atomic E-state index is 5.66. The van der Waals surface area contributed by atoms with Gasteiger partial charge in [-0.2, -0.15) is 0 Å². The standard InChI is InChI=1S/C15H33N3/c1-14(2,8-9-16)7-6-10-18-12-11-17(5)15(3,4)13-18/h6-13,16H2,1-5H3. The summed E-state index contributed by atoms with van der Waals surface area (Å²) in [6.45, 7) is 15.0. The molecule has 0 aliphatic carbocycles. The van der Waals surface area contributed by atoms with Gasteiger partial charge in [-0.25, -0.2) is 0 Å². The molecule has 0 amide bonds. The van der Waals surface area contributed by atoms with Crippen molar-refractivity contribution in [2.75, 3.05) is 39.8 Å². The van der Waals surface area contributed by atoms with Gasteiger partial charge in [0.15, 0.2) is 0 Å². The number of nitrogens with two attached hydrogens (primary N) is 1. The van der Waals surface area contributed by atoms with E-state index >= 15 is 0 Å². The van der Waals surface area contributed by atoms with Gasteiger partial charge in [0.25, 0.3) is 0 Å². The lowest BCUT2D eigenvalue weighted by molar-refractivity contribution is 0.0378. The van der Waals surface area contributed by atoms with Crippen LogP contribution in [0.2, 0.25) is 0 Å². The lowest BCUT2D eigenvalue weighted by atomic mass is 9.84. The first-order valence-corrected chi connectivity index (χ1v) is 7.40. The van der Waals surface area contributed by atoms with E-state index in [1.165, 1.54) is 39.0 Å².